The van der Waals surface area contributed by atoms with Crippen molar-refractivity contribution in [3.63, 3.8) is 0 Å². The normalized spacial score (nSPS) is 10.6. The highest BCUT2D eigenvalue weighted by Gasteiger charge is 2.13. The number of benzene rings is 1. The second-order valence-electron chi connectivity index (χ2n) is 3.57. The molecule has 0 aliphatic rings. The average Bonchev–Trinajstić information content (AvgIpc) is 2.98. The molecule has 3 aromatic rings. The molecule has 17 heavy (non-hydrogen) atoms. The minimum Gasteiger partial charge on any atom is -0.420 e. The third-order valence-corrected chi connectivity index (χ3v) is 2.31. The Hall–Kier alpha value is -2.43. The molecule has 0 bridgehead atoms. The van der Waals surface area contributed by atoms with Crippen molar-refractivity contribution in [2.45, 2.75) is 6.92 Å². The van der Waals surface area contributed by atoms with Gasteiger partial charge in [-0.15, -0.1) is 10.2 Å². The van der Waals surface area contributed by atoms with Crippen LogP contribution in [0.4, 0.5) is 0 Å². The van der Waals surface area contributed by atoms with Crippen molar-refractivity contribution >= 4 is 0 Å². The summed E-state index contributed by atoms with van der Waals surface area (Å²) in [6.45, 7) is 1.73. The second kappa shape index (κ2) is 3.86. The van der Waals surface area contributed by atoms with E-state index in [-0.39, 0.29) is 0 Å². The van der Waals surface area contributed by atoms with Crippen LogP contribution in [0, 0.1) is 6.92 Å². The van der Waals surface area contributed by atoms with Gasteiger partial charge >= 0.3 is 0 Å². The first-order valence-electron chi connectivity index (χ1n) is 5.15. The highest BCUT2D eigenvalue weighted by atomic mass is 16.5. The largest absolute Gasteiger partial charge is 0.420 e. The quantitative estimate of drug-likeness (QED) is 0.673. The van der Waals surface area contributed by atoms with E-state index in [4.69, 9.17) is 8.94 Å². The summed E-state index contributed by atoms with van der Waals surface area (Å²) < 4.78 is 10.5. The molecule has 0 spiro atoms. The van der Waals surface area contributed by atoms with Gasteiger partial charge in [0, 0.05) is 18.6 Å². The van der Waals surface area contributed by atoms with Crippen LogP contribution >= 0.6 is 0 Å². The third kappa shape index (κ3) is 1.82. The van der Waals surface area contributed by atoms with Gasteiger partial charge in [0.25, 0.3) is 5.89 Å². The van der Waals surface area contributed by atoms with Gasteiger partial charge in [0.2, 0.25) is 5.89 Å². The van der Waals surface area contributed by atoms with Crippen LogP contribution in [-0.2, 0) is 0 Å². The molecule has 0 saturated heterocycles. The first kappa shape index (κ1) is 9.77. The molecule has 1 aromatic carbocycles. The van der Waals surface area contributed by atoms with Gasteiger partial charge in [0.1, 0.15) is 0 Å². The van der Waals surface area contributed by atoms with Gasteiger partial charge < -0.3 is 8.94 Å². The van der Waals surface area contributed by atoms with Crippen LogP contribution in [0.25, 0.3) is 22.9 Å². The van der Waals surface area contributed by atoms with Crippen molar-refractivity contribution in [1.29, 1.82) is 0 Å². The minimum absolute atomic E-state index is 0.369. The van der Waals surface area contributed by atoms with Crippen molar-refractivity contribution in [2.24, 2.45) is 0 Å². The zero-order chi connectivity index (χ0) is 11.7. The maximum absolute atomic E-state index is 5.27. The molecular weight excluding hydrogens is 218 g/mol. The van der Waals surface area contributed by atoms with Gasteiger partial charge in [-0.1, -0.05) is 35.5 Å². The Morgan fingerprint density at radius 3 is 2.59 bits per heavy atom. The Balaban J connectivity index is 1.99. The SMILES string of the molecule is Cc1nnc(-c2cc(-c3ccccc3)on2)o1. The molecule has 84 valence electrons. The molecule has 2 aromatic heterocycles. The fourth-order valence-electron chi connectivity index (χ4n) is 1.51. The summed E-state index contributed by atoms with van der Waals surface area (Å²) in [6.07, 6.45) is 0. The number of hydrogen-bond donors (Lipinski definition) is 0. The maximum Gasteiger partial charge on any atom is 0.269 e. The molecule has 0 aliphatic heterocycles. The number of hydrogen-bond acceptors (Lipinski definition) is 5. The first-order valence-corrected chi connectivity index (χ1v) is 5.15. The summed E-state index contributed by atoms with van der Waals surface area (Å²) in [5, 5.41) is 11.5. The van der Waals surface area contributed by atoms with E-state index in [0.29, 0.717) is 23.2 Å². The molecule has 0 unspecified atom stereocenters. The van der Waals surface area contributed by atoms with E-state index in [1.54, 1.807) is 13.0 Å². The van der Waals surface area contributed by atoms with Crippen molar-refractivity contribution in [1.82, 2.24) is 15.4 Å². The molecular formula is C12H9N3O2. The van der Waals surface area contributed by atoms with Crippen molar-refractivity contribution in [3.8, 4) is 22.9 Å². The fourth-order valence-corrected chi connectivity index (χ4v) is 1.51. The topological polar surface area (TPSA) is 65.0 Å². The molecule has 0 atom stereocenters. The minimum atomic E-state index is 0.369. The zero-order valence-corrected chi connectivity index (χ0v) is 9.12. The second-order valence-corrected chi connectivity index (χ2v) is 3.57. The first-order chi connectivity index (χ1) is 8.33. The van der Waals surface area contributed by atoms with Crippen LogP contribution < -0.4 is 0 Å². The lowest BCUT2D eigenvalue weighted by molar-refractivity contribution is 0.430. The van der Waals surface area contributed by atoms with Gasteiger partial charge in [-0.05, 0) is 0 Å². The molecule has 5 heteroatoms. The van der Waals surface area contributed by atoms with Crippen molar-refractivity contribution < 1.29 is 8.94 Å². The zero-order valence-electron chi connectivity index (χ0n) is 9.12. The molecule has 2 heterocycles. The smallest absolute Gasteiger partial charge is 0.269 e. The van der Waals surface area contributed by atoms with Crippen LogP contribution in [0.2, 0.25) is 0 Å². The van der Waals surface area contributed by atoms with Gasteiger partial charge in [0.05, 0.1) is 0 Å². The highest BCUT2D eigenvalue weighted by Crippen LogP contribution is 2.24. The Morgan fingerprint density at radius 1 is 1.06 bits per heavy atom. The lowest BCUT2D eigenvalue weighted by atomic mass is 10.2. The summed E-state index contributed by atoms with van der Waals surface area (Å²) in [6, 6.07) is 11.5. The van der Waals surface area contributed by atoms with E-state index >= 15 is 0 Å². The molecule has 0 amide bonds. The van der Waals surface area contributed by atoms with E-state index in [1.807, 2.05) is 30.3 Å². The molecule has 0 radical (unpaired) electrons. The Morgan fingerprint density at radius 2 is 1.88 bits per heavy atom. The summed E-state index contributed by atoms with van der Waals surface area (Å²) in [7, 11) is 0. The molecule has 0 N–H and O–H groups in total. The molecule has 3 rings (SSSR count). The summed E-state index contributed by atoms with van der Waals surface area (Å²) in [4.78, 5) is 0. The summed E-state index contributed by atoms with van der Waals surface area (Å²) >= 11 is 0. The summed E-state index contributed by atoms with van der Waals surface area (Å²) in [5.41, 5.74) is 1.51. The third-order valence-electron chi connectivity index (χ3n) is 2.31. The predicted molar refractivity (Wildman–Crippen MR) is 60.0 cm³/mol. The van der Waals surface area contributed by atoms with E-state index in [2.05, 4.69) is 15.4 Å². The monoisotopic (exact) mass is 227 g/mol. The van der Waals surface area contributed by atoms with E-state index in [0.717, 1.165) is 5.56 Å². The predicted octanol–water partition coefficient (Wildman–Crippen LogP) is 2.70. The molecule has 0 saturated carbocycles. The van der Waals surface area contributed by atoms with Crippen molar-refractivity contribution in [2.75, 3.05) is 0 Å². The van der Waals surface area contributed by atoms with E-state index in [1.165, 1.54) is 0 Å². The van der Waals surface area contributed by atoms with Gasteiger partial charge in [-0.25, -0.2) is 0 Å². The van der Waals surface area contributed by atoms with E-state index in [9.17, 15) is 0 Å². The lowest BCUT2D eigenvalue weighted by Gasteiger charge is -1.91. The van der Waals surface area contributed by atoms with Crippen LogP contribution in [0.3, 0.4) is 0 Å². The highest BCUT2D eigenvalue weighted by molar-refractivity contribution is 5.62. The lowest BCUT2D eigenvalue weighted by Crippen LogP contribution is -1.75. The Labute approximate surface area is 97.1 Å². The van der Waals surface area contributed by atoms with Gasteiger partial charge in [-0.2, -0.15) is 0 Å². The van der Waals surface area contributed by atoms with Crippen LogP contribution in [-0.4, -0.2) is 15.4 Å². The Kier molecular flexibility index (Phi) is 2.22. The molecule has 0 aliphatic carbocycles. The maximum atomic E-state index is 5.27. The number of rotatable bonds is 2. The fraction of sp³-hybridized carbons (Fsp3) is 0.0833. The average molecular weight is 227 g/mol. The van der Waals surface area contributed by atoms with Gasteiger partial charge in [0.15, 0.2) is 11.5 Å². The van der Waals surface area contributed by atoms with Crippen LogP contribution in [0.5, 0.6) is 0 Å². The van der Waals surface area contributed by atoms with Crippen LogP contribution in [0.1, 0.15) is 5.89 Å². The number of aromatic nitrogens is 3. The van der Waals surface area contributed by atoms with Crippen molar-refractivity contribution in [3.05, 3.63) is 42.3 Å². The number of nitrogens with zero attached hydrogens (tertiary/aromatic N) is 3. The standard InChI is InChI=1S/C12H9N3O2/c1-8-13-14-12(16-8)10-7-11(17-15-10)9-5-3-2-4-6-9/h2-7H,1H3. The summed E-state index contributed by atoms with van der Waals surface area (Å²) in [5.74, 6) is 1.55. The van der Waals surface area contributed by atoms with Gasteiger partial charge in [-0.3, -0.25) is 0 Å². The molecule has 5 nitrogen and oxygen atoms in total. The Bertz CT molecular complexity index is 628. The van der Waals surface area contributed by atoms with Crippen LogP contribution in [0.15, 0.2) is 45.3 Å². The van der Waals surface area contributed by atoms with E-state index < -0.39 is 0 Å². The number of aryl methyl sites for hydroxylation is 1. The molecule has 0 fully saturated rings.